The average molecular weight is 407 g/mol. The molecular formula is C23H19ClN2OS. The predicted octanol–water partition coefficient (Wildman–Crippen LogP) is 5.70. The maximum atomic E-state index is 13.2. The largest absolute Gasteiger partial charge is 0.283 e. The first kappa shape index (κ1) is 18.8. The van der Waals surface area contributed by atoms with Crippen molar-refractivity contribution in [2.45, 2.75) is 24.4 Å². The smallest absolute Gasteiger partial charge is 0.262 e. The number of benzene rings is 3. The van der Waals surface area contributed by atoms with Gasteiger partial charge in [-0.2, -0.15) is 0 Å². The molecule has 3 aromatic carbocycles. The number of aromatic nitrogens is 2. The van der Waals surface area contributed by atoms with Crippen LogP contribution in [0.3, 0.4) is 0 Å². The fourth-order valence-electron chi connectivity index (χ4n) is 3.16. The van der Waals surface area contributed by atoms with E-state index in [4.69, 9.17) is 16.6 Å². The molecule has 0 aliphatic heterocycles. The zero-order chi connectivity index (χ0) is 19.5. The third-order valence-corrected chi connectivity index (χ3v) is 5.79. The van der Waals surface area contributed by atoms with Gasteiger partial charge in [-0.15, -0.1) is 0 Å². The Morgan fingerprint density at radius 3 is 2.57 bits per heavy atom. The summed E-state index contributed by atoms with van der Waals surface area (Å²) in [6, 6.07) is 23.5. The zero-order valence-corrected chi connectivity index (χ0v) is 17.0. The van der Waals surface area contributed by atoms with Crippen molar-refractivity contribution in [2.75, 3.05) is 0 Å². The van der Waals surface area contributed by atoms with E-state index in [0.29, 0.717) is 22.1 Å². The maximum Gasteiger partial charge on any atom is 0.262 e. The summed E-state index contributed by atoms with van der Waals surface area (Å²) in [5.74, 6) is 0.752. The number of thioether (sulfide) groups is 1. The van der Waals surface area contributed by atoms with E-state index in [1.54, 1.807) is 16.3 Å². The van der Waals surface area contributed by atoms with Crippen LogP contribution < -0.4 is 5.56 Å². The molecule has 0 radical (unpaired) electrons. The van der Waals surface area contributed by atoms with Crippen molar-refractivity contribution < 1.29 is 0 Å². The Labute approximate surface area is 173 Å². The van der Waals surface area contributed by atoms with E-state index in [1.165, 1.54) is 11.1 Å². The summed E-state index contributed by atoms with van der Waals surface area (Å²) in [5.41, 5.74) is 4.10. The summed E-state index contributed by atoms with van der Waals surface area (Å²) < 4.78 is 1.74. The standard InChI is InChI=1S/C23H19ClN2OS/c1-16-6-4-8-18(12-16)15-28-23-25-21-11-3-2-10-20(21)22(27)26(23)14-17-7-5-9-19(24)13-17/h2-13H,14-15H2,1H3. The SMILES string of the molecule is Cc1cccc(CSc2nc3ccccc3c(=O)n2Cc2cccc(Cl)c2)c1. The van der Waals surface area contributed by atoms with Crippen molar-refractivity contribution in [2.24, 2.45) is 0 Å². The number of hydrogen-bond donors (Lipinski definition) is 0. The number of para-hydroxylation sites is 1. The Morgan fingerprint density at radius 1 is 0.964 bits per heavy atom. The van der Waals surface area contributed by atoms with Crippen LogP contribution in [0, 0.1) is 6.92 Å². The molecule has 0 atom stereocenters. The van der Waals surface area contributed by atoms with Gasteiger partial charge in [0.05, 0.1) is 17.4 Å². The van der Waals surface area contributed by atoms with Crippen LogP contribution in [0.5, 0.6) is 0 Å². The highest BCUT2D eigenvalue weighted by Gasteiger charge is 2.12. The Morgan fingerprint density at radius 2 is 1.75 bits per heavy atom. The molecular weight excluding hydrogens is 388 g/mol. The van der Waals surface area contributed by atoms with Crippen LogP contribution in [-0.4, -0.2) is 9.55 Å². The molecule has 1 aromatic heterocycles. The van der Waals surface area contributed by atoms with Crippen molar-refractivity contribution in [3.63, 3.8) is 0 Å². The lowest BCUT2D eigenvalue weighted by molar-refractivity contribution is 0.658. The van der Waals surface area contributed by atoms with Gasteiger partial charge in [-0.25, -0.2) is 4.98 Å². The zero-order valence-electron chi connectivity index (χ0n) is 15.4. The molecule has 0 saturated heterocycles. The molecule has 4 rings (SSSR count). The summed E-state index contributed by atoms with van der Waals surface area (Å²) in [7, 11) is 0. The number of rotatable bonds is 5. The third-order valence-electron chi connectivity index (χ3n) is 4.51. The Kier molecular flexibility index (Phi) is 5.51. The molecule has 0 bridgehead atoms. The number of nitrogens with zero attached hydrogens (tertiary/aromatic N) is 2. The van der Waals surface area contributed by atoms with E-state index in [2.05, 4.69) is 31.2 Å². The Hall–Kier alpha value is -2.56. The first-order chi connectivity index (χ1) is 13.6. The number of aryl methyl sites for hydroxylation is 1. The molecule has 0 aliphatic carbocycles. The minimum absolute atomic E-state index is 0.0303. The minimum atomic E-state index is -0.0303. The number of fused-ring (bicyclic) bond motifs is 1. The fourth-order valence-corrected chi connectivity index (χ4v) is 4.32. The van der Waals surface area contributed by atoms with Gasteiger partial charge >= 0.3 is 0 Å². The van der Waals surface area contributed by atoms with E-state index < -0.39 is 0 Å². The molecule has 0 unspecified atom stereocenters. The van der Waals surface area contributed by atoms with E-state index in [-0.39, 0.29) is 5.56 Å². The Balaban J connectivity index is 1.75. The Bertz CT molecular complexity index is 1200. The molecule has 0 saturated carbocycles. The van der Waals surface area contributed by atoms with Gasteiger partial charge in [-0.05, 0) is 42.3 Å². The average Bonchev–Trinajstić information content (AvgIpc) is 2.69. The van der Waals surface area contributed by atoms with Crippen molar-refractivity contribution in [3.05, 3.63) is 105 Å². The monoisotopic (exact) mass is 406 g/mol. The van der Waals surface area contributed by atoms with Crippen molar-refractivity contribution in [1.29, 1.82) is 0 Å². The molecule has 28 heavy (non-hydrogen) atoms. The predicted molar refractivity (Wildman–Crippen MR) is 117 cm³/mol. The second kappa shape index (κ2) is 8.21. The van der Waals surface area contributed by atoms with Gasteiger partial charge < -0.3 is 0 Å². The number of halogens is 1. The van der Waals surface area contributed by atoms with Crippen LogP contribution in [0.2, 0.25) is 5.02 Å². The van der Waals surface area contributed by atoms with Crippen molar-refractivity contribution in [1.82, 2.24) is 9.55 Å². The van der Waals surface area contributed by atoms with Crippen LogP contribution in [0.25, 0.3) is 10.9 Å². The van der Waals surface area contributed by atoms with Gasteiger partial charge in [-0.1, -0.05) is 77.5 Å². The maximum absolute atomic E-state index is 13.2. The van der Waals surface area contributed by atoms with Gasteiger partial charge in [0.15, 0.2) is 5.16 Å². The highest BCUT2D eigenvalue weighted by atomic mass is 35.5. The molecule has 0 N–H and O–H groups in total. The highest BCUT2D eigenvalue weighted by molar-refractivity contribution is 7.98. The summed E-state index contributed by atoms with van der Waals surface area (Å²) in [5, 5.41) is 2.00. The normalized spacial score (nSPS) is 11.1. The van der Waals surface area contributed by atoms with Gasteiger partial charge in [-0.3, -0.25) is 9.36 Å². The van der Waals surface area contributed by atoms with E-state index >= 15 is 0 Å². The topological polar surface area (TPSA) is 34.9 Å². The summed E-state index contributed by atoms with van der Waals surface area (Å²) in [4.78, 5) is 18.0. The van der Waals surface area contributed by atoms with E-state index in [1.807, 2.05) is 48.5 Å². The summed E-state index contributed by atoms with van der Waals surface area (Å²) >= 11 is 7.71. The minimum Gasteiger partial charge on any atom is -0.283 e. The second-order valence-electron chi connectivity index (χ2n) is 6.71. The van der Waals surface area contributed by atoms with E-state index in [0.717, 1.165) is 16.8 Å². The molecule has 0 amide bonds. The molecule has 1 heterocycles. The molecule has 0 aliphatic rings. The van der Waals surface area contributed by atoms with Gasteiger partial charge in [0.25, 0.3) is 5.56 Å². The molecule has 0 spiro atoms. The second-order valence-corrected chi connectivity index (χ2v) is 8.09. The van der Waals surface area contributed by atoms with Crippen LogP contribution in [0.15, 0.2) is 82.7 Å². The fraction of sp³-hybridized carbons (Fsp3) is 0.130. The molecule has 4 aromatic rings. The first-order valence-electron chi connectivity index (χ1n) is 9.02. The molecule has 3 nitrogen and oxygen atoms in total. The lowest BCUT2D eigenvalue weighted by Crippen LogP contribution is -2.24. The number of hydrogen-bond acceptors (Lipinski definition) is 3. The summed E-state index contributed by atoms with van der Waals surface area (Å²) in [6.07, 6.45) is 0. The van der Waals surface area contributed by atoms with Crippen LogP contribution in [0.4, 0.5) is 0 Å². The van der Waals surface area contributed by atoms with E-state index in [9.17, 15) is 4.79 Å². The van der Waals surface area contributed by atoms with Crippen molar-refractivity contribution in [3.8, 4) is 0 Å². The van der Waals surface area contributed by atoms with Gasteiger partial charge in [0.1, 0.15) is 0 Å². The molecule has 5 heteroatoms. The van der Waals surface area contributed by atoms with Gasteiger partial charge in [0.2, 0.25) is 0 Å². The van der Waals surface area contributed by atoms with Crippen LogP contribution in [-0.2, 0) is 12.3 Å². The van der Waals surface area contributed by atoms with Gasteiger partial charge in [0, 0.05) is 10.8 Å². The summed E-state index contributed by atoms with van der Waals surface area (Å²) in [6.45, 7) is 2.52. The van der Waals surface area contributed by atoms with Crippen LogP contribution in [0.1, 0.15) is 16.7 Å². The van der Waals surface area contributed by atoms with Crippen LogP contribution >= 0.6 is 23.4 Å². The highest BCUT2D eigenvalue weighted by Crippen LogP contribution is 2.23. The first-order valence-corrected chi connectivity index (χ1v) is 10.4. The molecule has 140 valence electrons. The lowest BCUT2D eigenvalue weighted by Gasteiger charge is -2.13. The third kappa shape index (κ3) is 4.13. The quantitative estimate of drug-likeness (QED) is 0.315. The van der Waals surface area contributed by atoms with Crippen molar-refractivity contribution >= 4 is 34.3 Å². The lowest BCUT2D eigenvalue weighted by atomic mass is 10.2. The molecule has 0 fully saturated rings.